The second-order valence-electron chi connectivity index (χ2n) is 8.14. The van der Waals surface area contributed by atoms with Gasteiger partial charge in [0.2, 0.25) is 23.6 Å². The van der Waals surface area contributed by atoms with Crippen molar-refractivity contribution in [2.24, 2.45) is 5.92 Å². The van der Waals surface area contributed by atoms with E-state index in [0.717, 1.165) is 0 Å². The number of rotatable bonds is 16. The lowest BCUT2D eigenvalue weighted by molar-refractivity contribution is -0.143. The average molecular weight is 503 g/mol. The Morgan fingerprint density at radius 2 is 1.46 bits per heavy atom. The highest BCUT2D eigenvalue weighted by Crippen LogP contribution is 2.09. The number of hydrogen-bond donors (Lipinski definition) is 7. The topological polar surface area (TPSA) is 228 Å². The first-order valence-corrected chi connectivity index (χ1v) is 11.0. The maximum absolute atomic E-state index is 12.6. The van der Waals surface area contributed by atoms with Gasteiger partial charge in [-0.1, -0.05) is 20.3 Å². The Kier molecular flexibility index (Phi) is 13.8. The van der Waals surface area contributed by atoms with Crippen LogP contribution in [0.25, 0.3) is 0 Å². The van der Waals surface area contributed by atoms with Crippen LogP contribution in [0.2, 0.25) is 0 Å². The van der Waals surface area contributed by atoms with Gasteiger partial charge in [0, 0.05) is 13.3 Å². The Hall–Kier alpha value is -3.55. The van der Waals surface area contributed by atoms with E-state index in [1.165, 1.54) is 13.8 Å². The molecule has 0 rings (SSSR count). The molecule has 0 radical (unpaired) electrons. The Balaban J connectivity index is 5.17. The molecule has 7 N–H and O–H groups in total. The number of amides is 4. The van der Waals surface area contributed by atoms with Crippen LogP contribution < -0.4 is 21.3 Å². The molecule has 6 atom stereocenters. The van der Waals surface area contributed by atoms with Gasteiger partial charge in [-0.2, -0.15) is 0 Å². The van der Waals surface area contributed by atoms with E-state index in [2.05, 4.69) is 21.3 Å². The van der Waals surface area contributed by atoms with Crippen molar-refractivity contribution in [3.8, 4) is 0 Å². The van der Waals surface area contributed by atoms with Gasteiger partial charge >= 0.3 is 11.9 Å². The molecule has 0 aliphatic carbocycles. The zero-order valence-electron chi connectivity index (χ0n) is 20.1. The molecule has 0 fully saturated rings. The molecule has 1 unspecified atom stereocenters. The summed E-state index contributed by atoms with van der Waals surface area (Å²) >= 11 is 0. The molecule has 0 heterocycles. The van der Waals surface area contributed by atoms with Crippen LogP contribution in [-0.4, -0.2) is 87.4 Å². The number of hydrogen-bond acceptors (Lipinski definition) is 8. The Bertz CT molecular complexity index is 801. The van der Waals surface area contributed by atoms with Crippen LogP contribution >= 0.6 is 0 Å². The third-order valence-corrected chi connectivity index (χ3v) is 5.10. The second kappa shape index (κ2) is 15.4. The van der Waals surface area contributed by atoms with Crippen molar-refractivity contribution in [2.75, 3.05) is 0 Å². The highest BCUT2D eigenvalue weighted by Gasteiger charge is 2.31. The quantitative estimate of drug-likeness (QED) is 0.114. The number of aldehydes is 1. The highest BCUT2D eigenvalue weighted by molar-refractivity contribution is 5.92. The van der Waals surface area contributed by atoms with Gasteiger partial charge in [0.25, 0.3) is 0 Å². The van der Waals surface area contributed by atoms with Crippen LogP contribution in [0.1, 0.15) is 53.4 Å². The van der Waals surface area contributed by atoms with Crippen molar-refractivity contribution in [1.29, 1.82) is 0 Å². The summed E-state index contributed by atoms with van der Waals surface area (Å²) in [5.74, 6) is -6.13. The fourth-order valence-electron chi connectivity index (χ4n) is 2.96. The average Bonchev–Trinajstić information content (AvgIpc) is 2.76. The monoisotopic (exact) mass is 502 g/mol. The molecular formula is C21H34N4O10. The summed E-state index contributed by atoms with van der Waals surface area (Å²) in [5, 5.41) is 37.0. The molecule has 0 aliphatic rings. The molecule has 4 amide bonds. The first-order valence-electron chi connectivity index (χ1n) is 11.0. The van der Waals surface area contributed by atoms with Gasteiger partial charge < -0.3 is 41.4 Å². The summed E-state index contributed by atoms with van der Waals surface area (Å²) < 4.78 is 0. The molecule has 14 nitrogen and oxygen atoms in total. The molecule has 35 heavy (non-hydrogen) atoms. The lowest BCUT2D eigenvalue weighted by atomic mass is 9.97. The predicted molar refractivity (Wildman–Crippen MR) is 120 cm³/mol. The zero-order valence-corrected chi connectivity index (χ0v) is 20.1. The molecule has 0 aromatic heterocycles. The molecule has 198 valence electrons. The Morgan fingerprint density at radius 1 is 0.886 bits per heavy atom. The first kappa shape index (κ1) is 31.4. The van der Waals surface area contributed by atoms with Gasteiger partial charge in [0.15, 0.2) is 0 Å². The van der Waals surface area contributed by atoms with Gasteiger partial charge in [-0.15, -0.1) is 0 Å². The van der Waals surface area contributed by atoms with Gasteiger partial charge in [-0.05, 0) is 19.3 Å². The summed E-state index contributed by atoms with van der Waals surface area (Å²) in [6, 6.07) is -5.39. The van der Waals surface area contributed by atoms with E-state index in [-0.39, 0.29) is 18.6 Å². The maximum atomic E-state index is 12.6. The molecule has 14 heteroatoms. The number of carbonyl (C=O) groups excluding carboxylic acids is 5. The van der Waals surface area contributed by atoms with Gasteiger partial charge in [-0.3, -0.25) is 24.0 Å². The fraction of sp³-hybridized carbons (Fsp3) is 0.667. The molecular weight excluding hydrogens is 468 g/mol. The minimum atomic E-state index is -1.55. The van der Waals surface area contributed by atoms with Crippen LogP contribution in [0, 0.1) is 5.92 Å². The highest BCUT2D eigenvalue weighted by atomic mass is 16.4. The first-order chi connectivity index (χ1) is 16.2. The van der Waals surface area contributed by atoms with E-state index in [0.29, 0.717) is 6.42 Å². The molecule has 0 spiro atoms. The molecule has 0 aromatic rings. The van der Waals surface area contributed by atoms with Gasteiger partial charge in [0.1, 0.15) is 24.4 Å². The maximum Gasteiger partial charge on any atom is 0.326 e. The van der Waals surface area contributed by atoms with Crippen molar-refractivity contribution in [3.63, 3.8) is 0 Å². The van der Waals surface area contributed by atoms with Crippen molar-refractivity contribution in [1.82, 2.24) is 21.3 Å². The molecule has 0 saturated carbocycles. The van der Waals surface area contributed by atoms with E-state index >= 15 is 0 Å². The number of aliphatic carboxylic acids is 2. The number of carboxylic acids is 2. The third-order valence-electron chi connectivity index (χ3n) is 5.10. The Labute approximate surface area is 202 Å². The van der Waals surface area contributed by atoms with Crippen LogP contribution in [0.4, 0.5) is 0 Å². The van der Waals surface area contributed by atoms with E-state index in [9.17, 15) is 43.8 Å². The van der Waals surface area contributed by atoms with E-state index in [1.807, 2.05) is 0 Å². The number of aliphatic hydroxyl groups excluding tert-OH is 1. The molecule has 0 aromatic carbocycles. The zero-order chi connectivity index (χ0) is 27.3. The van der Waals surface area contributed by atoms with Crippen LogP contribution in [0.15, 0.2) is 0 Å². The largest absolute Gasteiger partial charge is 0.481 e. The molecule has 0 saturated heterocycles. The summed E-state index contributed by atoms with van der Waals surface area (Å²) in [7, 11) is 0. The van der Waals surface area contributed by atoms with Crippen LogP contribution in [0.3, 0.4) is 0 Å². The number of nitrogens with one attached hydrogen (secondary N) is 4. The second-order valence-corrected chi connectivity index (χ2v) is 8.14. The van der Waals surface area contributed by atoms with Crippen molar-refractivity contribution >= 4 is 41.9 Å². The van der Waals surface area contributed by atoms with Crippen LogP contribution in [0.5, 0.6) is 0 Å². The summed E-state index contributed by atoms with van der Waals surface area (Å²) in [6.45, 7) is 5.89. The van der Waals surface area contributed by atoms with Crippen LogP contribution in [-0.2, 0) is 33.6 Å². The van der Waals surface area contributed by atoms with Gasteiger partial charge in [-0.25, -0.2) is 4.79 Å². The molecule has 0 aliphatic heterocycles. The summed E-state index contributed by atoms with van der Waals surface area (Å²) in [5.41, 5.74) is 0. The summed E-state index contributed by atoms with van der Waals surface area (Å²) in [6.07, 6.45) is -2.25. The third kappa shape index (κ3) is 11.9. The Morgan fingerprint density at radius 3 is 1.89 bits per heavy atom. The van der Waals surface area contributed by atoms with Gasteiger partial charge in [0.05, 0.1) is 18.6 Å². The normalized spacial score (nSPS) is 15.8. The lowest BCUT2D eigenvalue weighted by Crippen LogP contribution is -2.55. The minimum absolute atomic E-state index is 0.195. The number of aliphatic hydroxyl groups is 1. The summed E-state index contributed by atoms with van der Waals surface area (Å²) in [4.78, 5) is 81.8. The SMILES string of the molecule is CC[C@H](C)[C@H](NC(C)=O)C(=O)NC(CCC(=O)N[C@H](C(=O)N[C@H](C=O)CC(=O)O)[C@H](C)O)C(=O)O. The number of carbonyl (C=O) groups is 7. The van der Waals surface area contributed by atoms with Crippen molar-refractivity contribution < 1.29 is 48.9 Å². The van der Waals surface area contributed by atoms with Crippen molar-refractivity contribution in [3.05, 3.63) is 0 Å². The minimum Gasteiger partial charge on any atom is -0.481 e. The smallest absolute Gasteiger partial charge is 0.326 e. The number of carboxylic acid groups (broad SMARTS) is 2. The fourth-order valence-corrected chi connectivity index (χ4v) is 2.96. The van der Waals surface area contributed by atoms with E-state index in [4.69, 9.17) is 5.11 Å². The molecule has 0 bridgehead atoms. The predicted octanol–water partition coefficient (Wildman–Crippen LogP) is -2.09. The van der Waals surface area contributed by atoms with Crippen molar-refractivity contribution in [2.45, 2.75) is 83.6 Å². The van der Waals surface area contributed by atoms with E-state index < -0.39 is 78.7 Å². The standard InChI is InChI=1S/C21H34N4O10/c1-5-10(2)17(22-12(4)28)19(32)24-14(21(34)35)6-7-15(29)25-18(11(3)27)20(33)23-13(9-26)8-16(30)31/h9-11,13-14,17-18,27H,5-8H2,1-4H3,(H,22,28)(H,23,33)(H,24,32)(H,25,29)(H,30,31)(H,34,35)/t10-,11-,13-,14?,17-,18-/m0/s1. The lowest BCUT2D eigenvalue weighted by Gasteiger charge is -2.25. The van der Waals surface area contributed by atoms with E-state index in [1.54, 1.807) is 13.8 Å².